The minimum Gasteiger partial charge on any atom is -0.497 e. The smallest absolute Gasteiger partial charge is 0.265 e. The molecule has 1 amide bonds. The van der Waals surface area contributed by atoms with Gasteiger partial charge in [-0.25, -0.2) is 0 Å². The maximum Gasteiger partial charge on any atom is 0.265 e. The Bertz CT molecular complexity index is 1000. The van der Waals surface area contributed by atoms with Crippen molar-refractivity contribution < 1.29 is 23.7 Å². The van der Waals surface area contributed by atoms with Crippen molar-refractivity contribution in [2.24, 2.45) is 0 Å². The zero-order valence-corrected chi connectivity index (χ0v) is 15.0. The first-order chi connectivity index (χ1) is 13.1. The summed E-state index contributed by atoms with van der Waals surface area (Å²) in [4.78, 5) is 12.5. The van der Waals surface area contributed by atoms with E-state index < -0.39 is 6.10 Å². The van der Waals surface area contributed by atoms with Crippen LogP contribution in [0.5, 0.6) is 23.0 Å². The lowest BCUT2D eigenvalue weighted by Gasteiger charge is -2.15. The molecule has 6 nitrogen and oxygen atoms in total. The van der Waals surface area contributed by atoms with Crippen molar-refractivity contribution in [3.8, 4) is 23.0 Å². The van der Waals surface area contributed by atoms with E-state index in [0.717, 1.165) is 16.5 Å². The van der Waals surface area contributed by atoms with Crippen LogP contribution in [0.1, 0.15) is 6.92 Å². The molecule has 0 saturated heterocycles. The van der Waals surface area contributed by atoms with Crippen LogP contribution in [-0.2, 0) is 4.79 Å². The number of rotatable bonds is 5. The molecule has 27 heavy (non-hydrogen) atoms. The second-order valence-electron chi connectivity index (χ2n) is 6.19. The lowest BCUT2D eigenvalue weighted by atomic mass is 10.1. The molecule has 0 aliphatic carbocycles. The molecule has 138 valence electrons. The number of carbonyl (C=O) groups excluding carboxylic acids is 1. The molecule has 0 aromatic heterocycles. The van der Waals surface area contributed by atoms with Gasteiger partial charge in [0, 0.05) is 11.8 Å². The number of hydrogen-bond donors (Lipinski definition) is 1. The van der Waals surface area contributed by atoms with Gasteiger partial charge < -0.3 is 24.3 Å². The Morgan fingerprint density at radius 1 is 0.963 bits per heavy atom. The van der Waals surface area contributed by atoms with Crippen LogP contribution >= 0.6 is 0 Å². The molecule has 3 aromatic rings. The van der Waals surface area contributed by atoms with E-state index in [2.05, 4.69) is 5.32 Å². The van der Waals surface area contributed by atoms with Crippen LogP contribution in [0.15, 0.2) is 54.6 Å². The molecule has 0 bridgehead atoms. The average molecular weight is 365 g/mol. The molecule has 1 aliphatic heterocycles. The predicted molar refractivity (Wildman–Crippen MR) is 102 cm³/mol. The summed E-state index contributed by atoms with van der Waals surface area (Å²) >= 11 is 0. The van der Waals surface area contributed by atoms with E-state index in [1.54, 1.807) is 32.2 Å². The molecule has 6 heteroatoms. The highest BCUT2D eigenvalue weighted by molar-refractivity contribution is 5.94. The number of ether oxygens (including phenoxy) is 4. The molecule has 1 atom stereocenters. The van der Waals surface area contributed by atoms with Crippen molar-refractivity contribution in [3.05, 3.63) is 54.6 Å². The monoisotopic (exact) mass is 365 g/mol. The van der Waals surface area contributed by atoms with Gasteiger partial charge in [-0.05, 0) is 54.1 Å². The predicted octanol–water partition coefficient (Wildman–Crippen LogP) is 3.98. The van der Waals surface area contributed by atoms with Gasteiger partial charge >= 0.3 is 0 Å². The van der Waals surface area contributed by atoms with Crippen LogP contribution in [0.4, 0.5) is 5.69 Å². The Labute approximate surface area is 156 Å². The van der Waals surface area contributed by atoms with Crippen LogP contribution in [0, 0.1) is 0 Å². The summed E-state index contributed by atoms with van der Waals surface area (Å²) in [6.45, 7) is 1.90. The van der Waals surface area contributed by atoms with E-state index in [1.807, 2.05) is 36.4 Å². The minimum atomic E-state index is -0.668. The van der Waals surface area contributed by atoms with Crippen LogP contribution in [-0.4, -0.2) is 25.9 Å². The van der Waals surface area contributed by atoms with E-state index in [-0.39, 0.29) is 12.7 Å². The van der Waals surface area contributed by atoms with Gasteiger partial charge in [0.05, 0.1) is 7.11 Å². The van der Waals surface area contributed by atoms with Gasteiger partial charge in [0.1, 0.15) is 11.5 Å². The minimum absolute atomic E-state index is 0.193. The van der Waals surface area contributed by atoms with E-state index in [1.165, 1.54) is 0 Å². The van der Waals surface area contributed by atoms with Gasteiger partial charge in [-0.1, -0.05) is 12.1 Å². The first-order valence-electron chi connectivity index (χ1n) is 8.57. The normalized spacial score (nSPS) is 13.3. The highest BCUT2D eigenvalue weighted by atomic mass is 16.7. The van der Waals surface area contributed by atoms with Crippen molar-refractivity contribution in [2.75, 3.05) is 19.2 Å². The van der Waals surface area contributed by atoms with Crippen molar-refractivity contribution in [2.45, 2.75) is 13.0 Å². The second-order valence-corrected chi connectivity index (χ2v) is 6.19. The average Bonchev–Trinajstić information content (AvgIpc) is 3.15. The van der Waals surface area contributed by atoms with E-state index in [9.17, 15) is 4.79 Å². The Kier molecular flexibility index (Phi) is 4.46. The van der Waals surface area contributed by atoms with Crippen LogP contribution in [0.3, 0.4) is 0 Å². The molecular weight excluding hydrogens is 346 g/mol. The number of methoxy groups -OCH3 is 1. The topological polar surface area (TPSA) is 66.0 Å². The summed E-state index contributed by atoms with van der Waals surface area (Å²) in [5, 5.41) is 4.88. The number of fused-ring (bicyclic) bond motifs is 2. The summed E-state index contributed by atoms with van der Waals surface area (Å²) in [6, 6.07) is 16.8. The van der Waals surface area contributed by atoms with Crippen molar-refractivity contribution in [1.82, 2.24) is 0 Å². The quantitative estimate of drug-likeness (QED) is 0.741. The van der Waals surface area contributed by atoms with Gasteiger partial charge in [-0.2, -0.15) is 0 Å². The maximum absolute atomic E-state index is 12.5. The molecule has 1 heterocycles. The molecule has 1 aliphatic rings. The third-order valence-electron chi connectivity index (χ3n) is 4.34. The maximum atomic E-state index is 12.5. The third kappa shape index (κ3) is 3.60. The summed E-state index contributed by atoms with van der Waals surface area (Å²) < 4.78 is 21.7. The van der Waals surface area contributed by atoms with Gasteiger partial charge in [0.2, 0.25) is 6.79 Å². The summed E-state index contributed by atoms with van der Waals surface area (Å²) in [7, 11) is 1.63. The number of carbonyl (C=O) groups is 1. The van der Waals surface area contributed by atoms with E-state index in [4.69, 9.17) is 18.9 Å². The van der Waals surface area contributed by atoms with Gasteiger partial charge in [-0.3, -0.25) is 4.79 Å². The van der Waals surface area contributed by atoms with Gasteiger partial charge in [0.15, 0.2) is 17.6 Å². The Hall–Kier alpha value is -3.41. The van der Waals surface area contributed by atoms with E-state index in [0.29, 0.717) is 22.9 Å². The molecular formula is C21H19NO5. The largest absolute Gasteiger partial charge is 0.497 e. The zero-order chi connectivity index (χ0) is 18.8. The molecule has 0 saturated carbocycles. The van der Waals surface area contributed by atoms with Crippen LogP contribution in [0.25, 0.3) is 10.8 Å². The molecule has 0 fully saturated rings. The summed E-state index contributed by atoms with van der Waals surface area (Å²) in [5.74, 6) is 2.42. The number of anilines is 1. The molecule has 0 radical (unpaired) electrons. The first kappa shape index (κ1) is 17.0. The van der Waals surface area contributed by atoms with Crippen molar-refractivity contribution in [3.63, 3.8) is 0 Å². The van der Waals surface area contributed by atoms with Crippen molar-refractivity contribution in [1.29, 1.82) is 0 Å². The van der Waals surface area contributed by atoms with Gasteiger partial charge in [-0.15, -0.1) is 0 Å². The number of amides is 1. The first-order valence-corrected chi connectivity index (χ1v) is 8.57. The fourth-order valence-corrected chi connectivity index (χ4v) is 2.88. The fourth-order valence-electron chi connectivity index (χ4n) is 2.88. The zero-order valence-electron chi connectivity index (χ0n) is 15.0. The second kappa shape index (κ2) is 7.07. The Balaban J connectivity index is 1.45. The molecule has 1 N–H and O–H groups in total. The molecule has 3 aromatic carbocycles. The summed E-state index contributed by atoms with van der Waals surface area (Å²) in [5.41, 5.74) is 0.628. The SMILES string of the molecule is COc1ccc2ccc(O[C@H](C)C(=O)Nc3ccc4c(c3)OCO4)cc2c1. The lowest BCUT2D eigenvalue weighted by Crippen LogP contribution is -2.30. The number of nitrogens with one attached hydrogen (secondary N) is 1. The van der Waals surface area contributed by atoms with Crippen LogP contribution < -0.4 is 24.3 Å². The van der Waals surface area contributed by atoms with Crippen LogP contribution in [0.2, 0.25) is 0 Å². The number of benzene rings is 3. The standard InChI is InChI=1S/C21H19NO5/c1-13(21(23)22-16-5-8-19-20(11-16)26-12-25-19)27-18-7-4-14-3-6-17(24-2)9-15(14)10-18/h3-11,13H,12H2,1-2H3,(H,22,23)/t13-/m1/s1. The Morgan fingerprint density at radius 2 is 1.70 bits per heavy atom. The van der Waals surface area contributed by atoms with E-state index >= 15 is 0 Å². The third-order valence-corrected chi connectivity index (χ3v) is 4.34. The fraction of sp³-hybridized carbons (Fsp3) is 0.190. The highest BCUT2D eigenvalue weighted by Gasteiger charge is 2.18. The highest BCUT2D eigenvalue weighted by Crippen LogP contribution is 2.34. The molecule has 0 unspecified atom stereocenters. The molecule has 4 rings (SSSR count). The molecule has 0 spiro atoms. The number of hydrogen-bond acceptors (Lipinski definition) is 5. The Morgan fingerprint density at radius 3 is 2.52 bits per heavy atom. The van der Waals surface area contributed by atoms with Crippen molar-refractivity contribution >= 4 is 22.4 Å². The lowest BCUT2D eigenvalue weighted by molar-refractivity contribution is -0.122. The summed E-state index contributed by atoms with van der Waals surface area (Å²) in [6.07, 6.45) is -0.668. The van der Waals surface area contributed by atoms with Gasteiger partial charge in [0.25, 0.3) is 5.91 Å².